The van der Waals surface area contributed by atoms with Gasteiger partial charge in [-0.1, -0.05) is 6.07 Å². The topological polar surface area (TPSA) is 89.7 Å². The minimum absolute atomic E-state index is 0. The number of benzene rings is 1. The summed E-state index contributed by atoms with van der Waals surface area (Å²) in [5, 5.41) is 7.68. The van der Waals surface area contributed by atoms with Crippen LogP contribution in [0, 0.1) is 6.92 Å². The molecule has 0 aliphatic carbocycles. The van der Waals surface area contributed by atoms with Gasteiger partial charge in [-0.05, 0) is 43.7 Å². The second kappa shape index (κ2) is 7.46. The number of rotatable bonds is 3. The van der Waals surface area contributed by atoms with Gasteiger partial charge < -0.3 is 10.6 Å². The SMILES string of the molecule is Cc1cc2ncccc2cc1Nc1ncc2c(n1)n([C@H]1CCNC1)c(=O)n2C.Cl. The van der Waals surface area contributed by atoms with Crippen molar-refractivity contribution < 1.29 is 0 Å². The number of halogens is 1. The predicted octanol–water partition coefficient (Wildman–Crippen LogP) is 2.69. The summed E-state index contributed by atoms with van der Waals surface area (Å²) < 4.78 is 3.41. The lowest BCUT2D eigenvalue weighted by Crippen LogP contribution is -2.27. The fourth-order valence-electron chi connectivity index (χ4n) is 3.86. The van der Waals surface area contributed by atoms with Gasteiger partial charge in [-0.25, -0.2) is 9.78 Å². The first-order valence-electron chi connectivity index (χ1n) is 9.39. The highest BCUT2D eigenvalue weighted by molar-refractivity contribution is 5.85. The van der Waals surface area contributed by atoms with E-state index in [1.807, 2.05) is 31.2 Å². The van der Waals surface area contributed by atoms with Gasteiger partial charge in [0.15, 0.2) is 5.65 Å². The Morgan fingerprint density at radius 2 is 2.14 bits per heavy atom. The number of pyridine rings is 1. The fourth-order valence-corrected chi connectivity index (χ4v) is 3.86. The van der Waals surface area contributed by atoms with E-state index in [1.165, 1.54) is 0 Å². The van der Waals surface area contributed by atoms with Crippen molar-refractivity contribution in [1.82, 2.24) is 29.4 Å². The number of imidazole rings is 1. The van der Waals surface area contributed by atoms with Crippen LogP contribution in [0.15, 0.2) is 41.5 Å². The molecule has 8 nitrogen and oxygen atoms in total. The molecule has 4 heterocycles. The Morgan fingerprint density at radius 1 is 1.28 bits per heavy atom. The maximum Gasteiger partial charge on any atom is 0.330 e. The first-order chi connectivity index (χ1) is 13.6. The van der Waals surface area contributed by atoms with Crippen LogP contribution in [0.25, 0.3) is 22.1 Å². The van der Waals surface area contributed by atoms with Crippen LogP contribution in [-0.2, 0) is 7.05 Å². The van der Waals surface area contributed by atoms with E-state index in [9.17, 15) is 4.79 Å². The maximum absolute atomic E-state index is 12.7. The molecule has 2 N–H and O–H groups in total. The molecule has 29 heavy (non-hydrogen) atoms. The van der Waals surface area contributed by atoms with Crippen molar-refractivity contribution in [3.05, 3.63) is 52.7 Å². The zero-order valence-electron chi connectivity index (χ0n) is 16.2. The molecule has 4 aromatic rings. The highest BCUT2D eigenvalue weighted by Gasteiger charge is 2.23. The monoisotopic (exact) mass is 411 g/mol. The van der Waals surface area contributed by atoms with Crippen LogP contribution in [0.2, 0.25) is 0 Å². The van der Waals surface area contributed by atoms with E-state index in [-0.39, 0.29) is 24.1 Å². The van der Waals surface area contributed by atoms with Crippen molar-refractivity contribution in [2.45, 2.75) is 19.4 Å². The summed E-state index contributed by atoms with van der Waals surface area (Å²) >= 11 is 0. The average Bonchev–Trinajstić information content (AvgIpc) is 3.30. The lowest BCUT2D eigenvalue weighted by atomic mass is 10.1. The van der Waals surface area contributed by atoms with Crippen molar-refractivity contribution in [2.75, 3.05) is 18.4 Å². The molecule has 0 spiro atoms. The van der Waals surface area contributed by atoms with Gasteiger partial charge in [0.2, 0.25) is 5.95 Å². The minimum Gasteiger partial charge on any atom is -0.324 e. The fraction of sp³-hybridized carbons (Fsp3) is 0.300. The zero-order chi connectivity index (χ0) is 19.3. The summed E-state index contributed by atoms with van der Waals surface area (Å²) in [7, 11) is 1.76. The van der Waals surface area contributed by atoms with Crippen molar-refractivity contribution in [1.29, 1.82) is 0 Å². The molecule has 1 aliphatic rings. The molecule has 3 aromatic heterocycles. The Hall–Kier alpha value is -2.97. The standard InChI is InChI=1S/C20H21N7O.ClH/c1-12-8-16-13(4-3-6-22-16)9-15(12)24-19-23-11-17-18(25-19)27(20(28)26(17)2)14-5-7-21-10-14;/h3-4,6,8-9,11,14,21H,5,7,10H2,1-2H3,(H,23,24,25);1H/t14-;/m0./s1. The molecule has 1 saturated heterocycles. The van der Waals surface area contributed by atoms with Gasteiger partial charge in [0, 0.05) is 30.9 Å². The predicted molar refractivity (Wildman–Crippen MR) is 116 cm³/mol. The summed E-state index contributed by atoms with van der Waals surface area (Å²) in [5.41, 5.74) is 4.28. The third-order valence-electron chi connectivity index (χ3n) is 5.43. The van der Waals surface area contributed by atoms with Crippen molar-refractivity contribution in [3.63, 3.8) is 0 Å². The summed E-state index contributed by atoms with van der Waals surface area (Å²) in [6, 6.07) is 8.15. The van der Waals surface area contributed by atoms with Gasteiger partial charge in [-0.3, -0.25) is 14.1 Å². The Bertz CT molecular complexity index is 1260. The molecule has 0 saturated carbocycles. The number of hydrogen-bond donors (Lipinski definition) is 2. The molecule has 1 aromatic carbocycles. The molecule has 150 valence electrons. The highest BCUT2D eigenvalue weighted by atomic mass is 35.5. The van der Waals surface area contributed by atoms with E-state index in [0.29, 0.717) is 11.6 Å². The molecule has 0 amide bonds. The first-order valence-corrected chi connectivity index (χ1v) is 9.39. The number of aryl methyl sites for hydroxylation is 2. The number of hydrogen-bond acceptors (Lipinski definition) is 6. The van der Waals surface area contributed by atoms with Gasteiger partial charge in [0.05, 0.1) is 17.8 Å². The first kappa shape index (κ1) is 19.4. The Kier molecular flexibility index (Phi) is 4.97. The summed E-state index contributed by atoms with van der Waals surface area (Å²) in [4.78, 5) is 26.3. The van der Waals surface area contributed by atoms with Gasteiger partial charge in [-0.2, -0.15) is 4.98 Å². The van der Waals surface area contributed by atoms with Crippen molar-refractivity contribution in [2.24, 2.45) is 7.05 Å². The molecule has 0 bridgehead atoms. The summed E-state index contributed by atoms with van der Waals surface area (Å²) in [5.74, 6) is 0.476. The normalized spacial score (nSPS) is 16.3. The number of nitrogens with one attached hydrogen (secondary N) is 2. The molecule has 9 heteroatoms. The van der Waals surface area contributed by atoms with Crippen LogP contribution in [0.3, 0.4) is 0 Å². The molecule has 1 fully saturated rings. The van der Waals surface area contributed by atoms with Crippen LogP contribution in [0.4, 0.5) is 11.6 Å². The molecular formula is C20H22ClN7O. The van der Waals surface area contributed by atoms with E-state index >= 15 is 0 Å². The molecule has 5 rings (SSSR count). The van der Waals surface area contributed by atoms with Crippen LogP contribution in [0.5, 0.6) is 0 Å². The average molecular weight is 412 g/mol. The maximum atomic E-state index is 12.7. The third-order valence-corrected chi connectivity index (χ3v) is 5.43. The van der Waals surface area contributed by atoms with Gasteiger partial charge in [0.1, 0.15) is 5.52 Å². The lowest BCUT2D eigenvalue weighted by molar-refractivity contribution is 0.532. The lowest BCUT2D eigenvalue weighted by Gasteiger charge is -2.12. The van der Waals surface area contributed by atoms with Crippen LogP contribution in [-0.4, -0.2) is 37.2 Å². The van der Waals surface area contributed by atoms with Crippen molar-refractivity contribution >= 4 is 46.1 Å². The molecular weight excluding hydrogens is 390 g/mol. The smallest absolute Gasteiger partial charge is 0.324 e. The second-order valence-corrected chi connectivity index (χ2v) is 7.25. The minimum atomic E-state index is -0.0527. The van der Waals surface area contributed by atoms with E-state index in [2.05, 4.69) is 20.6 Å². The van der Waals surface area contributed by atoms with Gasteiger partial charge in [0.25, 0.3) is 0 Å². The number of nitrogens with zero attached hydrogens (tertiary/aromatic N) is 5. The van der Waals surface area contributed by atoms with E-state index < -0.39 is 0 Å². The largest absolute Gasteiger partial charge is 0.330 e. The second-order valence-electron chi connectivity index (χ2n) is 7.25. The van der Waals surface area contributed by atoms with Crippen molar-refractivity contribution in [3.8, 4) is 0 Å². The van der Waals surface area contributed by atoms with Crippen LogP contribution < -0.4 is 16.3 Å². The van der Waals surface area contributed by atoms with E-state index in [4.69, 9.17) is 4.98 Å². The third kappa shape index (κ3) is 3.24. The van der Waals surface area contributed by atoms with Gasteiger partial charge in [-0.15, -0.1) is 12.4 Å². The summed E-state index contributed by atoms with van der Waals surface area (Å²) in [6.07, 6.45) is 4.42. The zero-order valence-corrected chi connectivity index (χ0v) is 17.0. The Morgan fingerprint density at radius 3 is 2.93 bits per heavy atom. The highest BCUT2D eigenvalue weighted by Crippen LogP contribution is 2.25. The number of fused-ring (bicyclic) bond motifs is 2. The Balaban J connectivity index is 0.00000205. The quantitative estimate of drug-likeness (QED) is 0.538. The van der Waals surface area contributed by atoms with E-state index in [0.717, 1.165) is 47.2 Å². The molecule has 0 radical (unpaired) electrons. The number of anilines is 2. The summed E-state index contributed by atoms with van der Waals surface area (Å²) in [6.45, 7) is 3.72. The Labute approximate surface area is 173 Å². The molecule has 0 unspecified atom stereocenters. The van der Waals surface area contributed by atoms with Gasteiger partial charge >= 0.3 is 5.69 Å². The molecule has 1 atom stereocenters. The van der Waals surface area contributed by atoms with E-state index in [1.54, 1.807) is 28.6 Å². The molecule has 1 aliphatic heterocycles. The van der Waals surface area contributed by atoms with Crippen LogP contribution >= 0.6 is 12.4 Å². The van der Waals surface area contributed by atoms with Crippen LogP contribution in [0.1, 0.15) is 18.0 Å². The number of aromatic nitrogens is 5.